The van der Waals surface area contributed by atoms with E-state index in [0.29, 0.717) is 12.3 Å². The van der Waals surface area contributed by atoms with Crippen molar-refractivity contribution in [2.24, 2.45) is 0 Å². The molecule has 0 aliphatic heterocycles. The largest absolute Gasteiger partial charge is 0.508 e. The van der Waals surface area contributed by atoms with Crippen molar-refractivity contribution in [3.05, 3.63) is 83.9 Å². The van der Waals surface area contributed by atoms with E-state index in [1.807, 2.05) is 36.7 Å². The predicted octanol–water partition coefficient (Wildman–Crippen LogP) is 3.42. The monoisotopic (exact) mass is 278 g/mol. The van der Waals surface area contributed by atoms with Crippen LogP contribution in [0.15, 0.2) is 67.0 Å². The van der Waals surface area contributed by atoms with Crippen molar-refractivity contribution in [1.29, 1.82) is 0 Å². The fourth-order valence-corrected chi connectivity index (χ4v) is 2.44. The van der Waals surface area contributed by atoms with Crippen LogP contribution < -0.4 is 0 Å². The van der Waals surface area contributed by atoms with Crippen LogP contribution in [-0.4, -0.2) is 14.7 Å². The number of hydrogen-bond acceptors (Lipinski definition) is 2. The molecule has 3 heteroatoms. The molecule has 0 saturated heterocycles. The maximum absolute atomic E-state index is 9.87. The van der Waals surface area contributed by atoms with Crippen LogP contribution in [0.2, 0.25) is 0 Å². The molecule has 0 unspecified atom stereocenters. The molecule has 1 N–H and O–H groups in total. The Kier molecular flexibility index (Phi) is 4.01. The van der Waals surface area contributed by atoms with E-state index in [2.05, 4.69) is 33.8 Å². The van der Waals surface area contributed by atoms with Gasteiger partial charge < -0.3 is 9.67 Å². The molecular formula is C18H18N2O. The quantitative estimate of drug-likeness (QED) is 0.776. The van der Waals surface area contributed by atoms with E-state index in [0.717, 1.165) is 24.2 Å². The number of aryl methyl sites for hydroxylation is 2. The zero-order chi connectivity index (χ0) is 14.5. The van der Waals surface area contributed by atoms with Crippen molar-refractivity contribution in [2.75, 3.05) is 0 Å². The zero-order valence-electron chi connectivity index (χ0n) is 11.8. The molecule has 2 aromatic carbocycles. The van der Waals surface area contributed by atoms with Gasteiger partial charge in [0.05, 0.1) is 6.54 Å². The summed E-state index contributed by atoms with van der Waals surface area (Å²) >= 11 is 0. The van der Waals surface area contributed by atoms with Gasteiger partial charge in [-0.05, 0) is 18.1 Å². The third-order valence-corrected chi connectivity index (χ3v) is 3.61. The first-order chi connectivity index (χ1) is 10.3. The van der Waals surface area contributed by atoms with Gasteiger partial charge in [0.15, 0.2) is 0 Å². The number of rotatable bonds is 5. The fraction of sp³-hybridized carbons (Fsp3) is 0.167. The molecular weight excluding hydrogens is 260 g/mol. The number of para-hydroxylation sites is 1. The topological polar surface area (TPSA) is 38.0 Å². The number of benzene rings is 2. The van der Waals surface area contributed by atoms with E-state index >= 15 is 0 Å². The van der Waals surface area contributed by atoms with Gasteiger partial charge in [-0.3, -0.25) is 0 Å². The summed E-state index contributed by atoms with van der Waals surface area (Å²) in [7, 11) is 0. The van der Waals surface area contributed by atoms with Gasteiger partial charge in [0, 0.05) is 24.4 Å². The minimum atomic E-state index is 0.334. The van der Waals surface area contributed by atoms with Crippen LogP contribution in [0.3, 0.4) is 0 Å². The van der Waals surface area contributed by atoms with E-state index in [4.69, 9.17) is 0 Å². The second kappa shape index (κ2) is 6.27. The van der Waals surface area contributed by atoms with Gasteiger partial charge >= 0.3 is 0 Å². The van der Waals surface area contributed by atoms with E-state index in [1.54, 1.807) is 6.07 Å². The molecule has 3 rings (SSSR count). The van der Waals surface area contributed by atoms with Crippen molar-refractivity contribution in [1.82, 2.24) is 9.55 Å². The summed E-state index contributed by atoms with van der Waals surface area (Å²) in [5.74, 6) is 1.38. The lowest BCUT2D eigenvalue weighted by atomic mass is 10.1. The second-order valence-corrected chi connectivity index (χ2v) is 5.09. The summed E-state index contributed by atoms with van der Waals surface area (Å²) in [5, 5.41) is 9.87. The molecule has 0 radical (unpaired) electrons. The van der Waals surface area contributed by atoms with Gasteiger partial charge in [0.2, 0.25) is 0 Å². The Morgan fingerprint density at radius 1 is 0.905 bits per heavy atom. The summed E-state index contributed by atoms with van der Waals surface area (Å²) in [6, 6.07) is 17.9. The maximum atomic E-state index is 9.87. The molecule has 0 amide bonds. The number of hydrogen-bond donors (Lipinski definition) is 1. The van der Waals surface area contributed by atoms with Gasteiger partial charge in [-0.2, -0.15) is 0 Å². The van der Waals surface area contributed by atoms with E-state index in [-0.39, 0.29) is 0 Å². The highest BCUT2D eigenvalue weighted by Crippen LogP contribution is 2.18. The normalized spacial score (nSPS) is 10.7. The first kappa shape index (κ1) is 13.4. The maximum Gasteiger partial charge on any atom is 0.120 e. The molecule has 0 atom stereocenters. The lowest BCUT2D eigenvalue weighted by molar-refractivity contribution is 0.465. The van der Waals surface area contributed by atoms with Crippen LogP contribution in [0.5, 0.6) is 5.75 Å². The highest BCUT2D eigenvalue weighted by molar-refractivity contribution is 5.32. The SMILES string of the molecule is Oc1ccccc1Cn1ccnc1CCc1ccccc1. The summed E-state index contributed by atoms with van der Waals surface area (Å²) in [6.45, 7) is 0.650. The van der Waals surface area contributed by atoms with Crippen LogP contribution in [0.25, 0.3) is 0 Å². The Hall–Kier alpha value is -2.55. The molecule has 3 aromatic rings. The molecule has 0 aliphatic rings. The van der Waals surface area contributed by atoms with Gasteiger partial charge in [0.1, 0.15) is 11.6 Å². The van der Waals surface area contributed by atoms with E-state index < -0.39 is 0 Å². The summed E-state index contributed by atoms with van der Waals surface area (Å²) in [5.41, 5.74) is 2.23. The number of phenolic OH excluding ortho intramolecular Hbond substituents is 1. The molecule has 21 heavy (non-hydrogen) atoms. The molecule has 1 heterocycles. The van der Waals surface area contributed by atoms with Crippen LogP contribution in [0, 0.1) is 0 Å². The van der Waals surface area contributed by atoms with Crippen LogP contribution in [0.1, 0.15) is 17.0 Å². The minimum absolute atomic E-state index is 0.334. The fourth-order valence-electron chi connectivity index (χ4n) is 2.44. The van der Waals surface area contributed by atoms with E-state index in [9.17, 15) is 5.11 Å². The zero-order valence-corrected chi connectivity index (χ0v) is 11.8. The molecule has 0 saturated carbocycles. The van der Waals surface area contributed by atoms with Crippen LogP contribution in [-0.2, 0) is 19.4 Å². The molecule has 0 aliphatic carbocycles. The van der Waals surface area contributed by atoms with Crippen molar-refractivity contribution in [3.63, 3.8) is 0 Å². The average molecular weight is 278 g/mol. The summed E-state index contributed by atoms with van der Waals surface area (Å²) < 4.78 is 2.10. The standard InChI is InChI=1S/C18H18N2O/c21-17-9-5-4-8-16(17)14-20-13-12-19-18(20)11-10-15-6-2-1-3-7-15/h1-9,12-13,21H,10-11,14H2. The Balaban J connectivity index is 1.71. The number of phenols is 1. The lowest BCUT2D eigenvalue weighted by Gasteiger charge is -2.09. The third-order valence-electron chi connectivity index (χ3n) is 3.61. The Morgan fingerprint density at radius 2 is 1.67 bits per heavy atom. The van der Waals surface area contributed by atoms with Crippen LogP contribution in [0.4, 0.5) is 0 Å². The predicted molar refractivity (Wildman–Crippen MR) is 83.3 cm³/mol. The highest BCUT2D eigenvalue weighted by Gasteiger charge is 2.06. The average Bonchev–Trinajstić information content (AvgIpc) is 2.96. The highest BCUT2D eigenvalue weighted by atomic mass is 16.3. The molecule has 0 spiro atoms. The van der Waals surface area contributed by atoms with E-state index in [1.165, 1.54) is 5.56 Å². The first-order valence-electron chi connectivity index (χ1n) is 7.14. The number of aromatic hydroxyl groups is 1. The van der Waals surface area contributed by atoms with Gasteiger partial charge in [-0.15, -0.1) is 0 Å². The third kappa shape index (κ3) is 3.31. The van der Waals surface area contributed by atoms with Gasteiger partial charge in [0.25, 0.3) is 0 Å². The molecule has 0 fully saturated rings. The van der Waals surface area contributed by atoms with Crippen molar-refractivity contribution >= 4 is 0 Å². The van der Waals surface area contributed by atoms with Crippen molar-refractivity contribution in [3.8, 4) is 5.75 Å². The molecule has 3 nitrogen and oxygen atoms in total. The lowest BCUT2D eigenvalue weighted by Crippen LogP contribution is -2.06. The van der Waals surface area contributed by atoms with Crippen molar-refractivity contribution in [2.45, 2.75) is 19.4 Å². The Morgan fingerprint density at radius 3 is 2.48 bits per heavy atom. The summed E-state index contributed by atoms with van der Waals surface area (Å²) in [4.78, 5) is 4.44. The molecule has 106 valence electrons. The number of aromatic nitrogens is 2. The second-order valence-electron chi connectivity index (χ2n) is 5.09. The van der Waals surface area contributed by atoms with Gasteiger partial charge in [-0.1, -0.05) is 48.5 Å². The first-order valence-corrected chi connectivity index (χ1v) is 7.14. The molecule has 1 aromatic heterocycles. The number of nitrogens with zero attached hydrogens (tertiary/aromatic N) is 2. The Bertz CT molecular complexity index is 704. The van der Waals surface area contributed by atoms with Crippen LogP contribution >= 0.6 is 0 Å². The van der Waals surface area contributed by atoms with Gasteiger partial charge in [-0.25, -0.2) is 4.98 Å². The minimum Gasteiger partial charge on any atom is -0.508 e. The number of imidazole rings is 1. The smallest absolute Gasteiger partial charge is 0.120 e. The Labute approximate surface area is 124 Å². The molecule has 0 bridgehead atoms. The summed E-state index contributed by atoms with van der Waals surface area (Å²) in [6.07, 6.45) is 5.65. The van der Waals surface area contributed by atoms with Crippen molar-refractivity contribution < 1.29 is 5.11 Å².